The maximum Gasteiger partial charge on any atom is 0.267 e. The van der Waals surface area contributed by atoms with Crippen LogP contribution in [0.3, 0.4) is 0 Å². The normalized spacial score (nSPS) is 20.6. The summed E-state index contributed by atoms with van der Waals surface area (Å²) in [5.41, 5.74) is 0.689. The summed E-state index contributed by atoms with van der Waals surface area (Å²) in [4.78, 5) is 33.5. The summed E-state index contributed by atoms with van der Waals surface area (Å²) in [5, 5.41) is 3.30. The van der Waals surface area contributed by atoms with Gasteiger partial charge in [0.25, 0.3) is 11.5 Å². The van der Waals surface area contributed by atoms with Gasteiger partial charge in [-0.1, -0.05) is 63.2 Å². The summed E-state index contributed by atoms with van der Waals surface area (Å²) in [6.07, 6.45) is 9.81. The van der Waals surface area contributed by atoms with E-state index >= 15 is 0 Å². The first-order valence-corrected chi connectivity index (χ1v) is 13.4. The number of nitrogens with one attached hydrogen (secondary N) is 1. The molecule has 2 unspecified atom stereocenters. The molecule has 9 heteroatoms. The molecule has 0 aromatic carbocycles. The van der Waals surface area contributed by atoms with Crippen molar-refractivity contribution >= 4 is 51.7 Å². The van der Waals surface area contributed by atoms with Gasteiger partial charge in [0.05, 0.1) is 16.6 Å². The minimum Gasteiger partial charge on any atom is -0.376 e. The van der Waals surface area contributed by atoms with E-state index in [0.29, 0.717) is 45.3 Å². The molecule has 2 aliphatic rings. The number of pyridine rings is 1. The van der Waals surface area contributed by atoms with Gasteiger partial charge in [-0.25, -0.2) is 4.98 Å². The summed E-state index contributed by atoms with van der Waals surface area (Å²) in [6, 6.07) is 5.43. The van der Waals surface area contributed by atoms with Crippen LogP contribution in [0.25, 0.3) is 11.7 Å². The molecule has 2 saturated heterocycles. The second kappa shape index (κ2) is 11.5. The van der Waals surface area contributed by atoms with E-state index in [9.17, 15) is 9.59 Å². The molecule has 1 amide bonds. The largest absolute Gasteiger partial charge is 0.376 e. The van der Waals surface area contributed by atoms with Crippen LogP contribution in [0.2, 0.25) is 0 Å². The molecule has 4 rings (SSSR count). The third-order valence-corrected chi connectivity index (χ3v) is 7.80. The third kappa shape index (κ3) is 5.53. The molecule has 2 aromatic heterocycles. The van der Waals surface area contributed by atoms with Crippen LogP contribution in [-0.4, -0.2) is 50.3 Å². The number of aromatic nitrogens is 2. The molecule has 34 heavy (non-hydrogen) atoms. The maximum absolute atomic E-state index is 13.4. The molecule has 7 nitrogen and oxygen atoms in total. The minimum atomic E-state index is -0.222. The molecule has 0 spiro atoms. The number of hydrogen-bond acceptors (Lipinski definition) is 7. The van der Waals surface area contributed by atoms with Crippen molar-refractivity contribution in [1.82, 2.24) is 14.3 Å². The zero-order valence-corrected chi connectivity index (χ0v) is 21.4. The summed E-state index contributed by atoms with van der Waals surface area (Å²) in [5.74, 6) is 0.748. The predicted octanol–water partition coefficient (Wildman–Crippen LogP) is 4.70. The van der Waals surface area contributed by atoms with E-state index < -0.39 is 0 Å². The summed E-state index contributed by atoms with van der Waals surface area (Å²) < 4.78 is 7.77. The molecule has 0 bridgehead atoms. The molecular weight excluding hydrogens is 468 g/mol. The Morgan fingerprint density at radius 3 is 2.94 bits per heavy atom. The molecular formula is C25H32N4O3S2. The second-order valence-electron chi connectivity index (χ2n) is 8.83. The highest BCUT2D eigenvalue weighted by molar-refractivity contribution is 8.26. The Kier molecular flexibility index (Phi) is 8.39. The van der Waals surface area contributed by atoms with E-state index in [1.165, 1.54) is 16.2 Å². The molecule has 2 fully saturated rings. The summed E-state index contributed by atoms with van der Waals surface area (Å²) >= 11 is 6.81. The molecule has 0 saturated carbocycles. The van der Waals surface area contributed by atoms with Crippen LogP contribution in [0.1, 0.15) is 57.9 Å². The lowest BCUT2D eigenvalue weighted by molar-refractivity contribution is -0.122. The number of hydrogen-bond donors (Lipinski definition) is 1. The van der Waals surface area contributed by atoms with Gasteiger partial charge in [0.15, 0.2) is 0 Å². The van der Waals surface area contributed by atoms with Gasteiger partial charge in [0.1, 0.15) is 15.8 Å². The van der Waals surface area contributed by atoms with Crippen LogP contribution < -0.4 is 10.9 Å². The lowest BCUT2D eigenvalue weighted by atomic mass is 9.99. The zero-order valence-electron chi connectivity index (χ0n) is 19.8. The Hall–Kier alpha value is -2.23. The van der Waals surface area contributed by atoms with Crippen LogP contribution >= 0.6 is 24.0 Å². The third-order valence-electron chi connectivity index (χ3n) is 6.42. The van der Waals surface area contributed by atoms with Gasteiger partial charge in [-0.3, -0.25) is 18.9 Å². The lowest BCUT2D eigenvalue weighted by Crippen LogP contribution is -2.33. The standard InChI is InChI=1S/C25H32N4O3S2/c1-3-5-9-17(4-2)16-29-24(31)20(34-25(29)33)14-19-22(26-15-18-10-8-13-32-18)27-21-11-6-7-12-28(21)23(19)30/h6-7,11-12,14,17-18,26H,3-5,8-10,13,15-16H2,1-2H3. The number of carbonyl (C=O) groups is 1. The van der Waals surface area contributed by atoms with Crippen molar-refractivity contribution in [3.05, 3.63) is 45.2 Å². The molecule has 2 atom stereocenters. The summed E-state index contributed by atoms with van der Waals surface area (Å²) in [6.45, 7) is 6.27. The van der Waals surface area contributed by atoms with Gasteiger partial charge < -0.3 is 10.1 Å². The number of unbranched alkanes of at least 4 members (excludes halogenated alkanes) is 1. The van der Waals surface area contributed by atoms with Gasteiger partial charge >= 0.3 is 0 Å². The van der Waals surface area contributed by atoms with Crippen molar-refractivity contribution < 1.29 is 9.53 Å². The molecule has 182 valence electrons. The van der Waals surface area contributed by atoms with Gasteiger partial charge in [-0.05, 0) is 43.4 Å². The van der Waals surface area contributed by atoms with Crippen LogP contribution in [-0.2, 0) is 9.53 Å². The number of nitrogens with zero attached hydrogens (tertiary/aromatic N) is 3. The molecule has 0 radical (unpaired) electrons. The minimum absolute atomic E-state index is 0.0937. The van der Waals surface area contributed by atoms with E-state index in [4.69, 9.17) is 17.0 Å². The number of fused-ring (bicyclic) bond motifs is 1. The number of ether oxygens (including phenoxy) is 1. The first kappa shape index (κ1) is 24.9. The monoisotopic (exact) mass is 500 g/mol. The van der Waals surface area contributed by atoms with Crippen molar-refractivity contribution in [2.75, 3.05) is 25.0 Å². The number of rotatable bonds is 10. The lowest BCUT2D eigenvalue weighted by Gasteiger charge is -2.21. The smallest absolute Gasteiger partial charge is 0.267 e. The fourth-order valence-electron chi connectivity index (χ4n) is 4.35. The van der Waals surface area contributed by atoms with Crippen LogP contribution in [0.4, 0.5) is 5.82 Å². The van der Waals surface area contributed by atoms with Crippen LogP contribution in [0.15, 0.2) is 34.1 Å². The van der Waals surface area contributed by atoms with Gasteiger partial charge in [-0.2, -0.15) is 0 Å². The first-order valence-electron chi connectivity index (χ1n) is 12.1. The quantitative estimate of drug-likeness (QED) is 0.374. The van der Waals surface area contributed by atoms with Crippen LogP contribution in [0.5, 0.6) is 0 Å². The Bertz CT molecular complexity index is 1140. The number of thioether (sulfide) groups is 1. The van der Waals surface area contributed by atoms with Crippen molar-refractivity contribution in [2.45, 2.75) is 58.5 Å². The van der Waals surface area contributed by atoms with Gasteiger partial charge in [0, 0.05) is 25.9 Å². The van der Waals surface area contributed by atoms with Crippen molar-refractivity contribution in [3.8, 4) is 0 Å². The summed E-state index contributed by atoms with van der Waals surface area (Å²) in [7, 11) is 0. The maximum atomic E-state index is 13.4. The fraction of sp³-hybridized carbons (Fsp3) is 0.520. The SMILES string of the molecule is CCCCC(CC)CN1C(=O)C(=Cc2c(NCC3CCCO3)nc3ccccn3c2=O)SC1=S. The van der Waals surface area contributed by atoms with E-state index in [-0.39, 0.29) is 17.6 Å². The number of carbonyl (C=O) groups excluding carboxylic acids is 1. The van der Waals surface area contributed by atoms with Crippen LogP contribution in [0, 0.1) is 5.92 Å². The van der Waals surface area contributed by atoms with E-state index in [1.807, 2.05) is 6.07 Å². The number of anilines is 1. The molecule has 1 N–H and O–H groups in total. The van der Waals surface area contributed by atoms with Crippen molar-refractivity contribution in [2.24, 2.45) is 5.92 Å². The predicted molar refractivity (Wildman–Crippen MR) is 142 cm³/mol. The van der Waals surface area contributed by atoms with E-state index in [2.05, 4.69) is 24.1 Å². The van der Waals surface area contributed by atoms with Gasteiger partial charge in [-0.15, -0.1) is 0 Å². The van der Waals surface area contributed by atoms with Crippen molar-refractivity contribution in [1.29, 1.82) is 0 Å². The first-order chi connectivity index (χ1) is 16.5. The average Bonchev–Trinajstić information content (AvgIpc) is 3.46. The number of amides is 1. The second-order valence-corrected chi connectivity index (χ2v) is 10.5. The highest BCUT2D eigenvalue weighted by Crippen LogP contribution is 2.34. The Balaban J connectivity index is 1.64. The average molecular weight is 501 g/mol. The fourth-order valence-corrected chi connectivity index (χ4v) is 5.60. The van der Waals surface area contributed by atoms with E-state index in [0.717, 1.165) is 45.1 Å². The molecule has 2 aromatic rings. The number of thiocarbonyl (C=S) groups is 1. The van der Waals surface area contributed by atoms with Crippen molar-refractivity contribution in [3.63, 3.8) is 0 Å². The highest BCUT2D eigenvalue weighted by Gasteiger charge is 2.34. The molecule has 4 heterocycles. The molecule has 0 aliphatic carbocycles. The topological polar surface area (TPSA) is 75.9 Å². The Morgan fingerprint density at radius 1 is 1.35 bits per heavy atom. The zero-order chi connectivity index (χ0) is 24.1. The Morgan fingerprint density at radius 2 is 2.21 bits per heavy atom. The van der Waals surface area contributed by atoms with Gasteiger partial charge in [0.2, 0.25) is 0 Å². The van der Waals surface area contributed by atoms with E-state index in [1.54, 1.807) is 29.3 Å². The molecule has 2 aliphatic heterocycles. The Labute approximate surface area is 210 Å². The highest BCUT2D eigenvalue weighted by atomic mass is 32.2.